The van der Waals surface area contributed by atoms with Crippen LogP contribution in [0.2, 0.25) is 10.4 Å². The average Bonchev–Trinajstić information content (AvgIpc) is 1.74. The number of imide groups is 1. The van der Waals surface area contributed by atoms with Gasteiger partial charge in [0, 0.05) is 107 Å². The van der Waals surface area contributed by atoms with Gasteiger partial charge in [0.15, 0.2) is 0 Å². The van der Waals surface area contributed by atoms with Crippen LogP contribution in [0, 0.1) is 55.9 Å². The average molecular weight is 1970 g/mol. The molecule has 0 atom stereocenters. The number of benzene rings is 3. The fraction of sp³-hybridized carbons (Fsp3) is 0.273. The maximum Gasteiger partial charge on any atom is 1.00 e. The number of halogens is 4. The number of aromatic nitrogens is 12. The number of nitrogens with one attached hydrogen (secondary N) is 4. The van der Waals surface area contributed by atoms with Crippen molar-refractivity contribution in [2.75, 3.05) is 64.1 Å². The molecule has 1 saturated heterocycles. The van der Waals surface area contributed by atoms with Gasteiger partial charge in [-0.3, -0.25) is 43.1 Å². The van der Waals surface area contributed by atoms with Crippen molar-refractivity contribution in [3.05, 3.63) is 244 Å². The van der Waals surface area contributed by atoms with Gasteiger partial charge in [-0.2, -0.15) is 19.9 Å². The van der Waals surface area contributed by atoms with Crippen LogP contribution in [0.1, 0.15) is 86.3 Å². The first-order valence-corrected chi connectivity index (χ1v) is 35.9. The molecule has 0 unspecified atom stereocenters. The minimum Gasteiger partial charge on any atom is -0.870 e. The van der Waals surface area contributed by atoms with Crippen molar-refractivity contribution in [1.29, 1.82) is 0 Å². The van der Waals surface area contributed by atoms with Gasteiger partial charge in [-0.1, -0.05) is 80.2 Å². The molecule has 120 heavy (non-hydrogen) atoms. The summed E-state index contributed by atoms with van der Waals surface area (Å²) in [7, 11) is 12.6. The van der Waals surface area contributed by atoms with Crippen LogP contribution in [0.4, 0.5) is 4.39 Å². The number of carboxylic acid groups (broad SMARTS) is 3. The van der Waals surface area contributed by atoms with Gasteiger partial charge in [0.2, 0.25) is 34.7 Å². The van der Waals surface area contributed by atoms with Crippen LogP contribution in [0.5, 0.6) is 35.7 Å². The largest absolute Gasteiger partial charge is 1.00 e. The number of amides is 2. The van der Waals surface area contributed by atoms with E-state index in [-0.39, 0.29) is 119 Å². The third-order valence-corrected chi connectivity index (χ3v) is 16.9. The van der Waals surface area contributed by atoms with Crippen molar-refractivity contribution in [3.8, 4) is 35.7 Å². The van der Waals surface area contributed by atoms with Gasteiger partial charge >= 0.3 is 98.7 Å². The summed E-state index contributed by atoms with van der Waals surface area (Å²) >= 11 is 12.7. The van der Waals surface area contributed by atoms with Crippen molar-refractivity contribution >= 4 is 124 Å². The first-order valence-electron chi connectivity index (χ1n) is 33.7. The molecule has 36 nitrogen and oxygen atoms in total. The first-order chi connectivity index (χ1) is 55.4. The summed E-state index contributed by atoms with van der Waals surface area (Å²) in [4.78, 5) is 153. The molecule has 1 aliphatic rings. The number of ether oxygens (including phenoxy) is 8. The van der Waals surface area contributed by atoms with Gasteiger partial charge in [0.1, 0.15) is 21.1 Å². The van der Waals surface area contributed by atoms with Gasteiger partial charge in [-0.15, -0.1) is 0 Å². The predicted molar refractivity (Wildman–Crippen MR) is 456 cm³/mol. The molecular formula is C77H99Cl2FIKN13O23PPd. The molecule has 9 aromatic rings. The topological polar surface area (TPSA) is 522 Å². The Hall–Kier alpha value is -10.2. The zero-order chi connectivity index (χ0) is 89.9. The minimum atomic E-state index is -1.16. The zero-order valence-electron chi connectivity index (χ0n) is 70.8. The molecule has 2 amide bonds. The van der Waals surface area contributed by atoms with Crippen LogP contribution in [-0.2, 0) is 63.5 Å². The summed E-state index contributed by atoms with van der Waals surface area (Å²) in [5.74, 6) is -2.39. The van der Waals surface area contributed by atoms with Crippen LogP contribution >= 0.6 is 54.0 Å². The molecule has 654 valence electrons. The third-order valence-electron chi connectivity index (χ3n) is 12.8. The second kappa shape index (κ2) is 70.6. The third kappa shape index (κ3) is 54.1. The number of carboxylic acids is 3. The summed E-state index contributed by atoms with van der Waals surface area (Å²) in [6, 6.07) is 38.1. The van der Waals surface area contributed by atoms with E-state index in [1.54, 1.807) is 76.1 Å². The van der Waals surface area contributed by atoms with E-state index in [9.17, 15) is 47.5 Å². The number of alkyl halides is 1. The fourth-order valence-corrected chi connectivity index (χ4v) is 11.3. The second-order valence-corrected chi connectivity index (χ2v) is 25.5. The Morgan fingerprint density at radius 3 is 1.30 bits per heavy atom. The Morgan fingerprint density at radius 1 is 0.550 bits per heavy atom. The van der Waals surface area contributed by atoms with Gasteiger partial charge in [-0.05, 0) is 115 Å². The molecule has 0 radical (unpaired) electrons. The summed E-state index contributed by atoms with van der Waals surface area (Å²) in [6.07, 6.45) is 6.67. The van der Waals surface area contributed by atoms with Gasteiger partial charge in [0.05, 0.1) is 117 Å². The Bertz CT molecular complexity index is 4650. The number of rotatable bonds is 14. The Morgan fingerprint density at radius 2 is 0.958 bits per heavy atom. The Balaban J connectivity index is -0.000000240. The van der Waals surface area contributed by atoms with Gasteiger partial charge < -0.3 is 76.1 Å². The van der Waals surface area contributed by atoms with Crippen LogP contribution in [0.15, 0.2) is 153 Å². The maximum atomic E-state index is 11.2. The van der Waals surface area contributed by atoms with Crippen LogP contribution < -0.4 is 118 Å². The molecule has 7 heterocycles. The Labute approximate surface area is 776 Å². The molecule has 0 spiro atoms. The van der Waals surface area contributed by atoms with Gasteiger partial charge in [-0.25, -0.2) is 47.0 Å². The molecule has 3 aromatic carbocycles. The van der Waals surface area contributed by atoms with E-state index in [0.717, 1.165) is 57.8 Å². The molecule has 1 fully saturated rings. The molecule has 6 aromatic heterocycles. The number of carbonyl (C=O) groups is 7. The van der Waals surface area contributed by atoms with Crippen LogP contribution in [-0.4, -0.2) is 189 Å². The molecule has 1 aliphatic heterocycles. The number of methoxy groups -OCH3 is 8. The molecule has 8 N–H and O–H groups in total. The van der Waals surface area contributed by atoms with Crippen molar-refractivity contribution in [3.63, 3.8) is 0 Å². The first kappa shape index (κ1) is 121. The number of H-pyrrole nitrogens is 4. The maximum absolute atomic E-state index is 11.2. The monoisotopic (exact) mass is 1970 g/mol. The number of hydrogen-bond donors (Lipinski definition) is 7. The van der Waals surface area contributed by atoms with Crippen molar-refractivity contribution in [2.45, 2.75) is 82.6 Å². The van der Waals surface area contributed by atoms with Crippen molar-refractivity contribution in [1.82, 2.24) is 62.9 Å². The van der Waals surface area contributed by atoms with E-state index in [1.807, 2.05) is 30.7 Å². The predicted octanol–water partition coefficient (Wildman–Crippen LogP) is 6.52. The van der Waals surface area contributed by atoms with E-state index in [0.29, 0.717) is 77.5 Å². The quantitative estimate of drug-likeness (QED) is 0.00582. The molecule has 0 bridgehead atoms. The van der Waals surface area contributed by atoms with E-state index in [2.05, 4.69) is 157 Å². The number of hydrogen-bond acceptors (Lipinski definition) is 28. The van der Waals surface area contributed by atoms with E-state index in [1.165, 1.54) is 85.0 Å². The summed E-state index contributed by atoms with van der Waals surface area (Å²) in [6.45, 7) is 17.7. The normalized spacial score (nSPS) is 9.87. The molecule has 43 heteroatoms. The van der Waals surface area contributed by atoms with E-state index >= 15 is 0 Å². The van der Waals surface area contributed by atoms with E-state index in [4.69, 9.17) is 77.9 Å². The summed E-state index contributed by atoms with van der Waals surface area (Å²) in [5, 5.41) is 28.1. The molecule has 0 saturated carbocycles. The molecule has 10 rings (SSSR count). The summed E-state index contributed by atoms with van der Waals surface area (Å²) < 4.78 is 54.7. The van der Waals surface area contributed by atoms with Crippen molar-refractivity contribution in [2.24, 2.45) is 0 Å². The number of aryl methyl sites for hydroxylation is 6. The standard InChI is InChI=1S/C18H15P.C11H14N2O4.C8H8N2O4.C8H12N2O2.C7H10N2O2.C5H4Cl2N2.C5H6N2O2.C4H4INO2.C4H6O2.2C2H4O2.CH3F.CH4.CH3.K.H2O.Pd/c1-4-10-16(11-5-1)19(17-12-6-2-7-13-17)18-14-8-3-9-15-18;1-7-8(5-6-9(14)15-2)10(16-3)13-11(12-7)17-4;1-4-5(2-3-6(11)12)7(13)10-8(14)9-4;1-5-6(2)9-8(12-4)10-7(5)11-3;1-5-4-6(10-2)9-7(8-5)11-3;1-3-2-4(6)9-5(7)8-3;1-3-2-4(8)7-5(9)6-3;5-6-3(7)1-2-4(6)8;1-3-4(5)6-2;2*1-2(3)4;1-2;;;;;/h1-15H;5-6H,1-4H3;2-3H,1H3,(H,11,12)(H2,9,10,13,14);1-4H3;4H,1-3H3;2H,1H3;2H,1H3,(H2,6,7,8,9);1-2H2;3H,1H2,2H3;2*1H3,(H,3,4);1H3;1H4;1H3;;1H2;/q;;;;;;;;;;;;;-1;+1;;/b;6-5+;3-2+;;;;;;;;;;;;;;/i;;;;;;;;;;;;1D;;;;. The van der Waals surface area contributed by atoms with Crippen LogP contribution in [0.25, 0.3) is 12.2 Å². The fourth-order valence-electron chi connectivity index (χ4n) is 7.76. The van der Waals surface area contributed by atoms with Crippen molar-refractivity contribution < 1.29 is 170 Å². The minimum absolute atomic E-state index is 0. The second-order valence-electron chi connectivity index (χ2n) is 21.3. The Kier molecular flexibility index (Phi) is 71.0. The number of aromatic amines is 4. The smallest absolute Gasteiger partial charge is 0.870 e. The number of aliphatic carboxylic acids is 3. The summed E-state index contributed by atoms with van der Waals surface area (Å²) in [5.41, 5.74) is 3.67. The number of esters is 2. The molecular weight excluding hydrogens is 1870 g/mol. The number of nitrogens with zero attached hydrogens (tertiary/aromatic N) is 9. The van der Waals surface area contributed by atoms with Crippen LogP contribution in [0.3, 0.4) is 0 Å². The van der Waals surface area contributed by atoms with Gasteiger partial charge in [0.25, 0.3) is 23.1 Å². The zero-order valence-corrected chi connectivity index (χ0v) is 79.1. The SMILES string of the molecule is C=CC(=O)OC.CC(=O)O.CC(=O)O.CF.COC(=O)/C=C/c1c(C)nc(OC)nc1OC.COc1cc(C)nc(OC)n1.COc1nc(C)c(C)c(OC)n1.Cc1[nH]c(=O)[nH]c(=O)c1/C=C/C(=O)O.Cc1cc(=O)[nH]c(=O)[nH]1.Cc1cc(Cl)nc(Cl)n1.O=C1CCC(=O)N1I.[2H]C.[CH3-].[K+].[OH-].[Pd].c1ccc([PH+](c2ccccc2)c2ccccc2)cc1. The molecule has 0 aliphatic carbocycles. The van der Waals surface area contributed by atoms with E-state index < -0.39 is 54.7 Å². The number of carbonyl (C=O) groups excluding carboxylic acids is 4.